The second kappa shape index (κ2) is 4.26. The molecule has 1 aromatic rings. The molecule has 19 heavy (non-hydrogen) atoms. The summed E-state index contributed by atoms with van der Waals surface area (Å²) in [5, 5.41) is 3.58. The molecular formula is C16H21N3. The third-order valence-electron chi connectivity index (χ3n) is 5.01. The summed E-state index contributed by atoms with van der Waals surface area (Å²) in [6, 6.07) is 8.98. The van der Waals surface area contributed by atoms with Gasteiger partial charge in [-0.1, -0.05) is 24.3 Å². The van der Waals surface area contributed by atoms with E-state index in [2.05, 4.69) is 46.4 Å². The Morgan fingerprint density at radius 3 is 3.16 bits per heavy atom. The highest BCUT2D eigenvalue weighted by Gasteiger charge is 2.54. The van der Waals surface area contributed by atoms with Crippen molar-refractivity contribution in [3.63, 3.8) is 0 Å². The summed E-state index contributed by atoms with van der Waals surface area (Å²) in [5.41, 5.74) is 3.20. The molecule has 1 aromatic carbocycles. The quantitative estimate of drug-likeness (QED) is 0.892. The fourth-order valence-corrected chi connectivity index (χ4v) is 3.93. The van der Waals surface area contributed by atoms with Crippen LogP contribution in [0.25, 0.3) is 0 Å². The minimum absolute atomic E-state index is 0.820. The van der Waals surface area contributed by atoms with Crippen LogP contribution in [-0.2, 0) is 6.42 Å². The Labute approximate surface area is 114 Å². The zero-order chi connectivity index (χ0) is 12.8. The minimum atomic E-state index is 0.820. The maximum Gasteiger partial charge on any atom is 0.194 e. The van der Waals surface area contributed by atoms with Crippen LogP contribution in [-0.4, -0.2) is 37.0 Å². The van der Waals surface area contributed by atoms with Gasteiger partial charge in [-0.05, 0) is 42.2 Å². The molecule has 1 saturated carbocycles. The van der Waals surface area contributed by atoms with E-state index in [9.17, 15) is 0 Å². The number of hydrogen-bond acceptors (Lipinski definition) is 3. The Balaban J connectivity index is 1.38. The van der Waals surface area contributed by atoms with Crippen LogP contribution in [0.1, 0.15) is 24.0 Å². The third-order valence-corrected chi connectivity index (χ3v) is 5.01. The second-order valence-electron chi connectivity index (χ2n) is 5.92. The van der Waals surface area contributed by atoms with Crippen LogP contribution in [0.15, 0.2) is 29.3 Å². The second-order valence-corrected chi connectivity index (χ2v) is 5.92. The van der Waals surface area contributed by atoms with E-state index >= 15 is 0 Å². The van der Waals surface area contributed by atoms with Crippen molar-refractivity contribution in [2.24, 2.45) is 16.8 Å². The van der Waals surface area contributed by atoms with E-state index in [-0.39, 0.29) is 0 Å². The van der Waals surface area contributed by atoms with Crippen LogP contribution in [0.3, 0.4) is 0 Å². The van der Waals surface area contributed by atoms with Gasteiger partial charge < -0.3 is 10.2 Å². The fraction of sp³-hybridized carbons (Fsp3) is 0.562. The predicted molar refractivity (Wildman–Crippen MR) is 77.4 cm³/mol. The molecule has 4 rings (SSSR count). The molecule has 0 amide bonds. The highest BCUT2D eigenvalue weighted by atomic mass is 15.3. The first-order chi connectivity index (χ1) is 9.38. The van der Waals surface area contributed by atoms with Crippen molar-refractivity contribution in [2.75, 3.05) is 26.2 Å². The SMILES string of the molecule is CCN1CCN=C1NCC1C2Cc3ccccc3C12. The molecule has 100 valence electrons. The van der Waals surface area contributed by atoms with Gasteiger partial charge in [0.05, 0.1) is 6.54 Å². The third kappa shape index (κ3) is 1.75. The van der Waals surface area contributed by atoms with Crippen molar-refractivity contribution in [1.82, 2.24) is 10.2 Å². The van der Waals surface area contributed by atoms with E-state index in [0.717, 1.165) is 49.9 Å². The van der Waals surface area contributed by atoms with Crippen LogP contribution in [0, 0.1) is 11.8 Å². The molecule has 3 unspecified atom stereocenters. The number of aliphatic imine (C=N–C) groups is 1. The Morgan fingerprint density at radius 1 is 1.37 bits per heavy atom. The number of nitrogens with zero attached hydrogens (tertiary/aromatic N) is 2. The average molecular weight is 255 g/mol. The zero-order valence-corrected chi connectivity index (χ0v) is 11.5. The summed E-state index contributed by atoms with van der Waals surface area (Å²) in [7, 11) is 0. The van der Waals surface area contributed by atoms with Crippen molar-refractivity contribution in [3.05, 3.63) is 35.4 Å². The maximum absolute atomic E-state index is 4.56. The highest BCUT2D eigenvalue weighted by molar-refractivity contribution is 5.81. The van der Waals surface area contributed by atoms with Gasteiger partial charge in [-0.3, -0.25) is 4.99 Å². The molecule has 3 heteroatoms. The molecule has 1 N–H and O–H groups in total. The Hall–Kier alpha value is -1.51. The zero-order valence-electron chi connectivity index (χ0n) is 11.5. The highest BCUT2D eigenvalue weighted by Crippen LogP contribution is 2.60. The summed E-state index contributed by atoms with van der Waals surface area (Å²) in [6.45, 7) is 6.39. The monoisotopic (exact) mass is 255 g/mol. The summed E-state index contributed by atoms with van der Waals surface area (Å²) in [4.78, 5) is 6.90. The number of rotatable bonds is 3. The van der Waals surface area contributed by atoms with E-state index in [1.807, 2.05) is 0 Å². The lowest BCUT2D eigenvalue weighted by atomic mass is 10.0. The number of fused-ring (bicyclic) bond motifs is 3. The number of benzene rings is 1. The van der Waals surface area contributed by atoms with E-state index in [4.69, 9.17) is 0 Å². The largest absolute Gasteiger partial charge is 0.356 e. The summed E-state index contributed by atoms with van der Waals surface area (Å²) >= 11 is 0. The predicted octanol–water partition coefficient (Wildman–Crippen LogP) is 1.85. The lowest BCUT2D eigenvalue weighted by Crippen LogP contribution is -2.39. The fourth-order valence-electron chi connectivity index (χ4n) is 3.93. The van der Waals surface area contributed by atoms with Crippen LogP contribution in [0.2, 0.25) is 0 Å². The normalized spacial score (nSPS) is 30.9. The molecule has 3 nitrogen and oxygen atoms in total. The van der Waals surface area contributed by atoms with Gasteiger partial charge in [0.2, 0.25) is 0 Å². The Morgan fingerprint density at radius 2 is 2.26 bits per heavy atom. The Kier molecular flexibility index (Phi) is 2.54. The topological polar surface area (TPSA) is 27.6 Å². The van der Waals surface area contributed by atoms with Gasteiger partial charge in [-0.2, -0.15) is 0 Å². The smallest absolute Gasteiger partial charge is 0.194 e. The number of likely N-dealkylation sites (N-methyl/N-ethyl adjacent to an activating group) is 1. The van der Waals surface area contributed by atoms with Crippen LogP contribution >= 0.6 is 0 Å². The number of nitrogens with one attached hydrogen (secondary N) is 1. The van der Waals surface area contributed by atoms with Crippen molar-refractivity contribution in [3.8, 4) is 0 Å². The van der Waals surface area contributed by atoms with Gasteiger partial charge in [0, 0.05) is 19.6 Å². The summed E-state index contributed by atoms with van der Waals surface area (Å²) < 4.78 is 0. The van der Waals surface area contributed by atoms with Crippen LogP contribution < -0.4 is 5.32 Å². The lowest BCUT2D eigenvalue weighted by molar-refractivity contribution is 0.463. The molecule has 0 radical (unpaired) electrons. The van der Waals surface area contributed by atoms with Gasteiger partial charge >= 0.3 is 0 Å². The molecule has 0 aromatic heterocycles. The number of guanidine groups is 1. The van der Waals surface area contributed by atoms with Gasteiger partial charge in [0.15, 0.2) is 5.96 Å². The van der Waals surface area contributed by atoms with Crippen molar-refractivity contribution in [1.29, 1.82) is 0 Å². The van der Waals surface area contributed by atoms with Crippen molar-refractivity contribution in [2.45, 2.75) is 19.3 Å². The molecule has 1 heterocycles. The van der Waals surface area contributed by atoms with Crippen LogP contribution in [0.5, 0.6) is 0 Å². The summed E-state index contributed by atoms with van der Waals surface area (Å²) in [6.07, 6.45) is 1.29. The first kappa shape index (κ1) is 11.3. The van der Waals surface area contributed by atoms with Gasteiger partial charge in [0.25, 0.3) is 0 Å². The average Bonchev–Trinajstić information content (AvgIpc) is 2.82. The molecule has 1 aliphatic heterocycles. The number of hydrogen-bond donors (Lipinski definition) is 1. The minimum Gasteiger partial charge on any atom is -0.356 e. The van der Waals surface area contributed by atoms with Gasteiger partial charge in [0.1, 0.15) is 0 Å². The molecule has 0 bridgehead atoms. The van der Waals surface area contributed by atoms with Crippen LogP contribution in [0.4, 0.5) is 0 Å². The first-order valence-electron chi connectivity index (χ1n) is 7.49. The standard InChI is InChI=1S/C16H21N3/c1-2-19-8-7-17-16(19)18-10-14-13-9-11-5-3-4-6-12(11)15(13)14/h3-6,13-15H,2,7-10H2,1H3,(H,17,18). The molecule has 3 atom stereocenters. The van der Waals surface area contributed by atoms with E-state index in [1.165, 1.54) is 6.42 Å². The van der Waals surface area contributed by atoms with E-state index in [1.54, 1.807) is 11.1 Å². The molecule has 3 aliphatic rings. The van der Waals surface area contributed by atoms with Gasteiger partial charge in [-0.15, -0.1) is 0 Å². The Bertz CT molecular complexity index is 522. The van der Waals surface area contributed by atoms with E-state index in [0.29, 0.717) is 0 Å². The maximum atomic E-state index is 4.56. The molecular weight excluding hydrogens is 234 g/mol. The molecule has 2 aliphatic carbocycles. The first-order valence-corrected chi connectivity index (χ1v) is 7.49. The molecule has 0 spiro atoms. The lowest BCUT2D eigenvalue weighted by Gasteiger charge is -2.19. The van der Waals surface area contributed by atoms with E-state index < -0.39 is 0 Å². The van der Waals surface area contributed by atoms with Gasteiger partial charge in [-0.25, -0.2) is 0 Å². The van der Waals surface area contributed by atoms with Crippen molar-refractivity contribution >= 4 is 5.96 Å². The van der Waals surface area contributed by atoms with Crippen molar-refractivity contribution < 1.29 is 0 Å². The summed E-state index contributed by atoms with van der Waals surface area (Å²) in [5.74, 6) is 3.67. The molecule has 0 saturated heterocycles. The molecule has 1 fully saturated rings.